The van der Waals surface area contributed by atoms with Crippen molar-refractivity contribution in [2.45, 2.75) is 12.8 Å². The number of hydrogen-bond acceptors (Lipinski definition) is 2. The molecular formula is C10H12FNO. The van der Waals surface area contributed by atoms with Crippen LogP contribution in [-0.2, 0) is 0 Å². The Labute approximate surface area is 76.9 Å². The SMILES string of the molecule is Fc1ccc(ON2CCCC2)cc1. The molecule has 1 heterocycles. The van der Waals surface area contributed by atoms with E-state index in [4.69, 9.17) is 4.84 Å². The molecule has 0 aliphatic carbocycles. The van der Waals surface area contributed by atoms with Gasteiger partial charge in [0.25, 0.3) is 0 Å². The van der Waals surface area contributed by atoms with E-state index >= 15 is 0 Å². The zero-order valence-corrected chi connectivity index (χ0v) is 7.37. The summed E-state index contributed by atoms with van der Waals surface area (Å²) in [6.45, 7) is 1.94. The fraction of sp³-hybridized carbons (Fsp3) is 0.400. The number of benzene rings is 1. The van der Waals surface area contributed by atoms with Crippen molar-refractivity contribution in [1.29, 1.82) is 0 Å². The highest BCUT2D eigenvalue weighted by molar-refractivity contribution is 5.21. The number of hydrogen-bond donors (Lipinski definition) is 0. The maximum Gasteiger partial charge on any atom is 0.147 e. The summed E-state index contributed by atoms with van der Waals surface area (Å²) in [7, 11) is 0. The molecule has 1 saturated heterocycles. The van der Waals surface area contributed by atoms with Gasteiger partial charge in [-0.15, -0.1) is 5.06 Å². The van der Waals surface area contributed by atoms with Crippen LogP contribution in [0.15, 0.2) is 24.3 Å². The van der Waals surface area contributed by atoms with Gasteiger partial charge in [0.2, 0.25) is 0 Å². The van der Waals surface area contributed by atoms with E-state index in [1.54, 1.807) is 12.1 Å². The van der Waals surface area contributed by atoms with Crippen LogP contribution in [0.1, 0.15) is 12.8 Å². The summed E-state index contributed by atoms with van der Waals surface area (Å²) >= 11 is 0. The van der Waals surface area contributed by atoms with Crippen molar-refractivity contribution in [3.63, 3.8) is 0 Å². The summed E-state index contributed by atoms with van der Waals surface area (Å²) in [5.41, 5.74) is 0. The van der Waals surface area contributed by atoms with Gasteiger partial charge < -0.3 is 4.84 Å². The van der Waals surface area contributed by atoms with Crippen molar-refractivity contribution in [2.75, 3.05) is 13.1 Å². The second kappa shape index (κ2) is 3.75. The van der Waals surface area contributed by atoms with Gasteiger partial charge in [-0.1, -0.05) is 0 Å². The van der Waals surface area contributed by atoms with E-state index in [0.29, 0.717) is 5.75 Å². The number of rotatable bonds is 2. The minimum atomic E-state index is -0.228. The van der Waals surface area contributed by atoms with E-state index in [9.17, 15) is 4.39 Å². The Morgan fingerprint density at radius 1 is 1.08 bits per heavy atom. The Bertz CT molecular complexity index is 267. The minimum Gasteiger partial charge on any atom is -0.406 e. The molecule has 0 unspecified atom stereocenters. The van der Waals surface area contributed by atoms with E-state index in [1.807, 2.05) is 5.06 Å². The number of nitrogens with zero attached hydrogens (tertiary/aromatic N) is 1. The summed E-state index contributed by atoms with van der Waals surface area (Å²) in [5, 5.41) is 1.91. The van der Waals surface area contributed by atoms with Crippen molar-refractivity contribution in [2.24, 2.45) is 0 Å². The average molecular weight is 181 g/mol. The summed E-state index contributed by atoms with van der Waals surface area (Å²) in [6.07, 6.45) is 2.36. The number of hydroxylamine groups is 2. The van der Waals surface area contributed by atoms with Crippen molar-refractivity contribution in [1.82, 2.24) is 5.06 Å². The first kappa shape index (κ1) is 8.51. The molecule has 1 aliphatic heterocycles. The van der Waals surface area contributed by atoms with Gasteiger partial charge in [-0.05, 0) is 37.1 Å². The quantitative estimate of drug-likeness (QED) is 0.693. The third kappa shape index (κ3) is 2.18. The van der Waals surface area contributed by atoms with E-state index in [0.717, 1.165) is 13.1 Å². The van der Waals surface area contributed by atoms with Crippen LogP contribution in [0.5, 0.6) is 5.75 Å². The van der Waals surface area contributed by atoms with Gasteiger partial charge in [0.15, 0.2) is 0 Å². The summed E-state index contributed by atoms with van der Waals surface area (Å²) < 4.78 is 12.5. The van der Waals surface area contributed by atoms with Crippen LogP contribution in [0.2, 0.25) is 0 Å². The lowest BCUT2D eigenvalue weighted by atomic mass is 10.3. The van der Waals surface area contributed by atoms with Crippen LogP contribution in [0.3, 0.4) is 0 Å². The lowest BCUT2D eigenvalue weighted by molar-refractivity contribution is -0.0347. The van der Waals surface area contributed by atoms with Crippen LogP contribution in [0.25, 0.3) is 0 Å². The Balaban J connectivity index is 1.97. The highest BCUT2D eigenvalue weighted by Gasteiger charge is 2.12. The molecule has 3 heteroatoms. The second-order valence-electron chi connectivity index (χ2n) is 3.18. The largest absolute Gasteiger partial charge is 0.406 e. The maximum atomic E-state index is 12.5. The molecule has 13 heavy (non-hydrogen) atoms. The Hall–Kier alpha value is -1.09. The summed E-state index contributed by atoms with van der Waals surface area (Å²) in [4.78, 5) is 5.50. The fourth-order valence-electron chi connectivity index (χ4n) is 1.42. The van der Waals surface area contributed by atoms with Crippen LogP contribution in [-0.4, -0.2) is 18.2 Å². The van der Waals surface area contributed by atoms with Crippen molar-refractivity contribution < 1.29 is 9.23 Å². The maximum absolute atomic E-state index is 12.5. The van der Waals surface area contributed by atoms with Crippen molar-refractivity contribution >= 4 is 0 Å². The molecular weight excluding hydrogens is 169 g/mol. The molecule has 2 nitrogen and oxygen atoms in total. The number of halogens is 1. The predicted octanol–water partition coefficient (Wildman–Crippen LogP) is 2.22. The highest BCUT2D eigenvalue weighted by Crippen LogP contribution is 2.15. The molecule has 70 valence electrons. The van der Waals surface area contributed by atoms with Crippen LogP contribution in [0, 0.1) is 5.82 Å². The minimum absolute atomic E-state index is 0.228. The molecule has 0 N–H and O–H groups in total. The zero-order valence-electron chi connectivity index (χ0n) is 7.37. The predicted molar refractivity (Wildman–Crippen MR) is 47.8 cm³/mol. The first-order valence-electron chi connectivity index (χ1n) is 4.53. The fourth-order valence-corrected chi connectivity index (χ4v) is 1.42. The third-order valence-electron chi connectivity index (χ3n) is 2.11. The first-order chi connectivity index (χ1) is 6.34. The molecule has 1 aromatic carbocycles. The van der Waals surface area contributed by atoms with E-state index in [-0.39, 0.29) is 5.82 Å². The second-order valence-corrected chi connectivity index (χ2v) is 3.18. The molecule has 0 radical (unpaired) electrons. The third-order valence-corrected chi connectivity index (χ3v) is 2.11. The molecule has 2 rings (SSSR count). The Morgan fingerprint density at radius 2 is 1.69 bits per heavy atom. The van der Waals surface area contributed by atoms with E-state index in [2.05, 4.69) is 0 Å². The highest BCUT2D eigenvalue weighted by atomic mass is 19.1. The standard InChI is InChI=1S/C10H12FNO/c11-9-3-5-10(6-4-9)13-12-7-1-2-8-12/h3-6H,1-2,7-8H2. The zero-order chi connectivity index (χ0) is 9.10. The molecule has 1 aromatic rings. The van der Waals surface area contributed by atoms with Crippen molar-refractivity contribution in [3.8, 4) is 5.75 Å². The lowest BCUT2D eigenvalue weighted by Gasteiger charge is -2.15. The average Bonchev–Trinajstić information content (AvgIpc) is 2.62. The topological polar surface area (TPSA) is 12.5 Å². The van der Waals surface area contributed by atoms with Crippen LogP contribution in [0.4, 0.5) is 4.39 Å². The van der Waals surface area contributed by atoms with Gasteiger partial charge in [0, 0.05) is 13.1 Å². The Morgan fingerprint density at radius 3 is 2.31 bits per heavy atom. The normalized spacial score (nSPS) is 17.6. The molecule has 0 atom stereocenters. The monoisotopic (exact) mass is 181 g/mol. The van der Waals surface area contributed by atoms with Gasteiger partial charge in [-0.3, -0.25) is 0 Å². The molecule has 0 saturated carbocycles. The summed E-state index contributed by atoms with van der Waals surface area (Å²) in [6, 6.07) is 6.11. The smallest absolute Gasteiger partial charge is 0.147 e. The molecule has 1 aliphatic rings. The van der Waals surface area contributed by atoms with Gasteiger partial charge in [-0.2, -0.15) is 0 Å². The Kier molecular flexibility index (Phi) is 2.45. The van der Waals surface area contributed by atoms with E-state index in [1.165, 1.54) is 25.0 Å². The van der Waals surface area contributed by atoms with Gasteiger partial charge in [0.1, 0.15) is 11.6 Å². The first-order valence-corrected chi connectivity index (χ1v) is 4.53. The van der Waals surface area contributed by atoms with Crippen molar-refractivity contribution in [3.05, 3.63) is 30.1 Å². The molecule has 0 aromatic heterocycles. The van der Waals surface area contributed by atoms with Crippen LogP contribution >= 0.6 is 0 Å². The van der Waals surface area contributed by atoms with Gasteiger partial charge in [0.05, 0.1) is 0 Å². The van der Waals surface area contributed by atoms with E-state index < -0.39 is 0 Å². The molecule has 0 amide bonds. The van der Waals surface area contributed by atoms with Crippen LogP contribution < -0.4 is 4.84 Å². The van der Waals surface area contributed by atoms with Gasteiger partial charge >= 0.3 is 0 Å². The lowest BCUT2D eigenvalue weighted by Crippen LogP contribution is -2.23. The molecule has 0 bridgehead atoms. The van der Waals surface area contributed by atoms with Gasteiger partial charge in [-0.25, -0.2) is 4.39 Å². The molecule has 1 fully saturated rings. The molecule has 0 spiro atoms. The summed E-state index contributed by atoms with van der Waals surface area (Å²) in [5.74, 6) is 0.483.